The van der Waals surface area contributed by atoms with E-state index in [1.54, 1.807) is 0 Å². The summed E-state index contributed by atoms with van der Waals surface area (Å²) in [6.45, 7) is 5.33. The van der Waals surface area contributed by atoms with E-state index in [1.165, 1.54) is 16.0 Å². The Balaban J connectivity index is 2.05. The number of aryl methyl sites for hydroxylation is 1. The Labute approximate surface area is 137 Å². The van der Waals surface area contributed by atoms with Crippen LogP contribution in [0, 0.1) is 0 Å². The van der Waals surface area contributed by atoms with Gasteiger partial charge in [0, 0.05) is 21.7 Å². The van der Waals surface area contributed by atoms with Gasteiger partial charge in [-0.3, -0.25) is 0 Å². The summed E-state index contributed by atoms with van der Waals surface area (Å²) in [5, 5.41) is 4.37. The molecule has 2 aromatic rings. The maximum absolute atomic E-state index is 5.93. The number of halogens is 1. The van der Waals surface area contributed by atoms with Crippen LogP contribution in [0.15, 0.2) is 53.4 Å². The lowest BCUT2D eigenvalue weighted by atomic mass is 10.0. The van der Waals surface area contributed by atoms with E-state index in [4.69, 9.17) is 11.6 Å². The van der Waals surface area contributed by atoms with Gasteiger partial charge in [0.2, 0.25) is 0 Å². The molecule has 0 heterocycles. The van der Waals surface area contributed by atoms with Crippen LogP contribution in [0.2, 0.25) is 5.02 Å². The highest BCUT2D eigenvalue weighted by Crippen LogP contribution is 2.26. The topological polar surface area (TPSA) is 12.0 Å². The summed E-state index contributed by atoms with van der Waals surface area (Å²) < 4.78 is 0. The van der Waals surface area contributed by atoms with Gasteiger partial charge in [0.25, 0.3) is 0 Å². The molecule has 0 saturated heterocycles. The molecule has 3 heteroatoms. The van der Waals surface area contributed by atoms with E-state index in [9.17, 15) is 0 Å². The first-order valence-electron chi connectivity index (χ1n) is 7.43. The van der Waals surface area contributed by atoms with Gasteiger partial charge in [0.1, 0.15) is 0 Å². The maximum atomic E-state index is 5.93. The summed E-state index contributed by atoms with van der Waals surface area (Å²) in [4.78, 5) is 1.26. The Morgan fingerprint density at radius 1 is 1.10 bits per heavy atom. The SMILES string of the molecule is CCNC(CSc1ccc(Cl)cc1)c1cccc(CC)c1. The van der Waals surface area contributed by atoms with E-state index in [2.05, 4.69) is 55.6 Å². The molecular weight excluding hydrogens is 298 g/mol. The molecule has 1 nitrogen and oxygen atoms in total. The highest BCUT2D eigenvalue weighted by atomic mass is 35.5. The Morgan fingerprint density at radius 2 is 1.86 bits per heavy atom. The highest BCUT2D eigenvalue weighted by molar-refractivity contribution is 7.99. The van der Waals surface area contributed by atoms with Gasteiger partial charge in [0.05, 0.1) is 0 Å². The number of hydrogen-bond donors (Lipinski definition) is 1. The summed E-state index contributed by atoms with van der Waals surface area (Å²) in [6.07, 6.45) is 1.08. The van der Waals surface area contributed by atoms with Gasteiger partial charge >= 0.3 is 0 Å². The van der Waals surface area contributed by atoms with Crippen molar-refractivity contribution in [3.05, 3.63) is 64.7 Å². The molecule has 2 rings (SSSR count). The molecule has 0 aliphatic carbocycles. The van der Waals surface area contributed by atoms with Crippen LogP contribution in [-0.4, -0.2) is 12.3 Å². The minimum absolute atomic E-state index is 0.377. The Bertz CT molecular complexity index is 553. The molecule has 0 spiro atoms. The van der Waals surface area contributed by atoms with Crippen LogP contribution in [0.25, 0.3) is 0 Å². The van der Waals surface area contributed by atoms with Crippen molar-refractivity contribution in [3.63, 3.8) is 0 Å². The molecule has 0 radical (unpaired) electrons. The first-order valence-corrected chi connectivity index (χ1v) is 8.79. The van der Waals surface area contributed by atoms with Crippen LogP contribution in [0.3, 0.4) is 0 Å². The second-order valence-corrected chi connectivity index (χ2v) is 6.50. The summed E-state index contributed by atoms with van der Waals surface area (Å²) in [6, 6.07) is 17.3. The Hall–Kier alpha value is -0.960. The molecule has 0 bridgehead atoms. The van der Waals surface area contributed by atoms with E-state index in [0.29, 0.717) is 6.04 Å². The second kappa shape index (κ2) is 8.47. The van der Waals surface area contributed by atoms with Crippen LogP contribution in [-0.2, 0) is 6.42 Å². The minimum atomic E-state index is 0.377. The number of nitrogens with one attached hydrogen (secondary N) is 1. The summed E-state index contributed by atoms with van der Waals surface area (Å²) in [5.74, 6) is 1.02. The molecular formula is C18H22ClNS. The van der Waals surface area contributed by atoms with Crippen molar-refractivity contribution < 1.29 is 0 Å². The molecule has 0 amide bonds. The summed E-state index contributed by atoms with van der Waals surface area (Å²) >= 11 is 7.80. The third-order valence-electron chi connectivity index (χ3n) is 3.44. The van der Waals surface area contributed by atoms with Crippen LogP contribution < -0.4 is 5.32 Å². The van der Waals surface area contributed by atoms with Crippen LogP contribution >= 0.6 is 23.4 Å². The third kappa shape index (κ3) is 5.06. The van der Waals surface area contributed by atoms with Gasteiger partial charge < -0.3 is 5.32 Å². The van der Waals surface area contributed by atoms with E-state index in [1.807, 2.05) is 23.9 Å². The molecule has 2 aromatic carbocycles. The largest absolute Gasteiger partial charge is 0.309 e. The molecule has 1 unspecified atom stereocenters. The number of hydrogen-bond acceptors (Lipinski definition) is 2. The van der Waals surface area contributed by atoms with Gasteiger partial charge in [-0.05, 0) is 48.4 Å². The van der Waals surface area contributed by atoms with Gasteiger partial charge in [-0.25, -0.2) is 0 Å². The first-order chi connectivity index (χ1) is 10.2. The van der Waals surface area contributed by atoms with Crippen LogP contribution in [0.4, 0.5) is 0 Å². The fourth-order valence-electron chi connectivity index (χ4n) is 2.26. The van der Waals surface area contributed by atoms with Crippen LogP contribution in [0.5, 0.6) is 0 Å². The molecule has 0 fully saturated rings. The lowest BCUT2D eigenvalue weighted by Crippen LogP contribution is -2.23. The lowest BCUT2D eigenvalue weighted by Gasteiger charge is -2.19. The zero-order valence-corrected chi connectivity index (χ0v) is 14.2. The Morgan fingerprint density at radius 3 is 2.52 bits per heavy atom. The standard InChI is InChI=1S/C18H22ClNS/c1-3-14-6-5-7-15(12-14)18(20-4-2)13-21-17-10-8-16(19)9-11-17/h5-12,18,20H,3-4,13H2,1-2H3. The van der Waals surface area contributed by atoms with Crippen molar-refractivity contribution >= 4 is 23.4 Å². The van der Waals surface area contributed by atoms with Crippen molar-refractivity contribution in [3.8, 4) is 0 Å². The smallest absolute Gasteiger partial charge is 0.0415 e. The lowest BCUT2D eigenvalue weighted by molar-refractivity contribution is 0.605. The molecule has 1 N–H and O–H groups in total. The highest BCUT2D eigenvalue weighted by Gasteiger charge is 2.11. The first kappa shape index (κ1) is 16.4. The van der Waals surface area contributed by atoms with Gasteiger partial charge in [-0.2, -0.15) is 0 Å². The van der Waals surface area contributed by atoms with Crippen molar-refractivity contribution in [1.82, 2.24) is 5.32 Å². The van der Waals surface area contributed by atoms with E-state index < -0.39 is 0 Å². The molecule has 21 heavy (non-hydrogen) atoms. The molecule has 0 aromatic heterocycles. The summed E-state index contributed by atoms with van der Waals surface area (Å²) in [5.41, 5.74) is 2.77. The molecule has 0 aliphatic heterocycles. The zero-order chi connectivity index (χ0) is 15.1. The molecule has 1 atom stereocenters. The summed E-state index contributed by atoms with van der Waals surface area (Å²) in [7, 11) is 0. The average Bonchev–Trinajstić information content (AvgIpc) is 2.53. The third-order valence-corrected chi connectivity index (χ3v) is 4.80. The van der Waals surface area contributed by atoms with E-state index in [-0.39, 0.29) is 0 Å². The van der Waals surface area contributed by atoms with E-state index >= 15 is 0 Å². The van der Waals surface area contributed by atoms with Gasteiger partial charge in [-0.15, -0.1) is 11.8 Å². The normalized spacial score (nSPS) is 12.3. The average molecular weight is 320 g/mol. The zero-order valence-electron chi connectivity index (χ0n) is 12.6. The number of rotatable bonds is 7. The van der Waals surface area contributed by atoms with Crippen molar-refractivity contribution in [2.45, 2.75) is 31.2 Å². The fourth-order valence-corrected chi connectivity index (χ4v) is 3.38. The van der Waals surface area contributed by atoms with Crippen molar-refractivity contribution in [1.29, 1.82) is 0 Å². The number of benzene rings is 2. The quantitative estimate of drug-likeness (QED) is 0.691. The van der Waals surface area contributed by atoms with Crippen molar-refractivity contribution in [2.24, 2.45) is 0 Å². The second-order valence-electron chi connectivity index (χ2n) is 4.97. The predicted octanol–water partition coefficient (Wildman–Crippen LogP) is 5.35. The fraction of sp³-hybridized carbons (Fsp3) is 0.333. The monoisotopic (exact) mass is 319 g/mol. The Kier molecular flexibility index (Phi) is 6.62. The molecule has 0 aliphatic rings. The number of thioether (sulfide) groups is 1. The van der Waals surface area contributed by atoms with Gasteiger partial charge in [-0.1, -0.05) is 49.7 Å². The van der Waals surface area contributed by atoms with Crippen LogP contribution in [0.1, 0.15) is 31.0 Å². The minimum Gasteiger partial charge on any atom is -0.309 e. The van der Waals surface area contributed by atoms with Gasteiger partial charge in [0.15, 0.2) is 0 Å². The van der Waals surface area contributed by atoms with Crippen molar-refractivity contribution in [2.75, 3.05) is 12.3 Å². The molecule has 112 valence electrons. The molecule has 0 saturated carbocycles. The predicted molar refractivity (Wildman–Crippen MR) is 94.4 cm³/mol. The van der Waals surface area contributed by atoms with E-state index in [0.717, 1.165) is 23.7 Å². The maximum Gasteiger partial charge on any atom is 0.0415 e.